The van der Waals surface area contributed by atoms with Crippen molar-refractivity contribution in [2.24, 2.45) is 40.5 Å². The van der Waals surface area contributed by atoms with Gasteiger partial charge in [0.05, 0.1) is 0 Å². The fourth-order valence-electron chi connectivity index (χ4n) is 1.67. The van der Waals surface area contributed by atoms with Crippen molar-refractivity contribution in [3.8, 4) is 0 Å². The highest BCUT2D eigenvalue weighted by molar-refractivity contribution is 5.18. The van der Waals surface area contributed by atoms with E-state index in [0.29, 0.717) is 0 Å². The first-order valence-corrected chi connectivity index (χ1v) is 4.75. The Morgan fingerprint density at radius 1 is 1.12 bits per heavy atom. The van der Waals surface area contributed by atoms with E-state index in [0.717, 1.165) is 15.0 Å². The molecule has 2 atom stereocenters. The van der Waals surface area contributed by atoms with Crippen LogP contribution in [0.5, 0.6) is 0 Å². The molecular formula is C7H20N10. The molecule has 0 aromatic carbocycles. The van der Waals surface area contributed by atoms with E-state index in [1.807, 2.05) is 0 Å². The zero-order valence-corrected chi connectivity index (χ0v) is 9.40. The van der Waals surface area contributed by atoms with Gasteiger partial charge in [0.1, 0.15) is 12.0 Å². The second-order valence-corrected chi connectivity index (χ2v) is 3.73. The van der Waals surface area contributed by atoms with Gasteiger partial charge in [0, 0.05) is 0 Å². The summed E-state index contributed by atoms with van der Waals surface area (Å²) in [7, 11) is 0. The van der Waals surface area contributed by atoms with E-state index in [2.05, 4.69) is 6.58 Å². The van der Waals surface area contributed by atoms with Crippen molar-refractivity contribution >= 4 is 0 Å². The average Bonchev–Trinajstić information content (AvgIpc) is 2.31. The normalized spacial score (nSPS) is 36.5. The molecule has 17 heavy (non-hydrogen) atoms. The van der Waals surface area contributed by atoms with Crippen LogP contribution in [0.4, 0.5) is 0 Å². The minimum atomic E-state index is -1.72. The average molecular weight is 244 g/mol. The Hall–Kier alpha value is -1.08. The molecule has 0 aliphatic carbocycles. The summed E-state index contributed by atoms with van der Waals surface area (Å²) in [5, 5.41) is 3.04. The van der Waals surface area contributed by atoms with Crippen LogP contribution >= 0.6 is 0 Å². The molecule has 1 aliphatic rings. The number of hydrazine groups is 3. The summed E-state index contributed by atoms with van der Waals surface area (Å²) in [6.45, 7) is 3.62. The summed E-state index contributed by atoms with van der Waals surface area (Å²) in [5.74, 6) is 15.6. The molecule has 2 unspecified atom stereocenters. The molecular weight excluding hydrogens is 224 g/mol. The summed E-state index contributed by atoms with van der Waals surface area (Å²) < 4.78 is 0. The summed E-state index contributed by atoms with van der Waals surface area (Å²) >= 11 is 0. The van der Waals surface area contributed by atoms with E-state index in [9.17, 15) is 0 Å². The van der Waals surface area contributed by atoms with Crippen molar-refractivity contribution in [3.63, 3.8) is 0 Å². The van der Waals surface area contributed by atoms with Crippen molar-refractivity contribution < 1.29 is 0 Å². The molecule has 10 heteroatoms. The molecule has 0 spiro atoms. The van der Waals surface area contributed by atoms with Gasteiger partial charge in [-0.05, 0) is 12.3 Å². The third kappa shape index (κ3) is 1.73. The van der Waals surface area contributed by atoms with Crippen molar-refractivity contribution in [2.45, 2.75) is 17.9 Å². The van der Waals surface area contributed by atoms with E-state index in [-0.39, 0.29) is 0 Å². The first-order valence-electron chi connectivity index (χ1n) is 4.75. The first kappa shape index (κ1) is 14.0. The maximum absolute atomic E-state index is 5.84. The van der Waals surface area contributed by atoms with Crippen molar-refractivity contribution in [1.82, 2.24) is 15.0 Å². The molecule has 1 saturated heterocycles. The quantitative estimate of drug-likeness (QED) is 0.142. The van der Waals surface area contributed by atoms with Gasteiger partial charge in [-0.15, -0.1) is 0 Å². The van der Waals surface area contributed by atoms with Crippen molar-refractivity contribution in [1.29, 1.82) is 0 Å². The molecule has 10 nitrogen and oxygen atoms in total. The highest BCUT2D eigenvalue weighted by Crippen LogP contribution is 2.29. The lowest BCUT2D eigenvalue weighted by atomic mass is 10.1. The molecule has 0 bridgehead atoms. The molecule has 1 heterocycles. The molecule has 0 saturated carbocycles. The molecule has 1 rings (SSSR count). The van der Waals surface area contributed by atoms with Gasteiger partial charge in [-0.3, -0.25) is 29.0 Å². The molecule has 14 N–H and O–H groups in total. The van der Waals surface area contributed by atoms with Gasteiger partial charge >= 0.3 is 0 Å². The SMILES string of the molecule is C=CC1(C=CN)N(N)C(N)N(N)C(N)(N)N1N. The molecule has 0 aromatic heterocycles. The first-order chi connectivity index (χ1) is 7.75. The number of hydrogen-bond acceptors (Lipinski definition) is 10. The number of rotatable bonds is 2. The summed E-state index contributed by atoms with van der Waals surface area (Å²) in [5.41, 5.74) is 21.5. The van der Waals surface area contributed by atoms with Gasteiger partial charge in [-0.2, -0.15) is 15.0 Å². The summed E-state index contributed by atoms with van der Waals surface area (Å²) in [6, 6.07) is 0. The Labute approximate surface area is 99.1 Å². The van der Waals surface area contributed by atoms with Crippen molar-refractivity contribution in [3.05, 3.63) is 24.9 Å². The molecule has 98 valence electrons. The van der Waals surface area contributed by atoms with Gasteiger partial charge in [0.25, 0.3) is 0 Å². The van der Waals surface area contributed by atoms with E-state index in [1.165, 1.54) is 18.4 Å². The smallest absolute Gasteiger partial charge is 0.211 e. The Kier molecular flexibility index (Phi) is 3.54. The largest absolute Gasteiger partial charge is 0.405 e. The fourth-order valence-corrected chi connectivity index (χ4v) is 1.67. The molecule has 0 aromatic rings. The second-order valence-electron chi connectivity index (χ2n) is 3.73. The highest BCUT2D eigenvalue weighted by Gasteiger charge is 2.54. The van der Waals surface area contributed by atoms with Gasteiger partial charge in [0.2, 0.25) is 5.91 Å². The standard InChI is InChI=1S/C7H20N10/c1-2-6(3-4-8)15(12)5(9)16(13)7(10,11)17(6)14/h2-5H,1,8-14H2. The fraction of sp³-hybridized carbons (Fsp3) is 0.429. The minimum Gasteiger partial charge on any atom is -0.405 e. The molecule has 0 amide bonds. The lowest BCUT2D eigenvalue weighted by Crippen LogP contribution is -2.92. The van der Waals surface area contributed by atoms with Crippen LogP contribution in [0.2, 0.25) is 0 Å². The maximum atomic E-state index is 5.84. The zero-order valence-electron chi connectivity index (χ0n) is 9.40. The summed E-state index contributed by atoms with van der Waals surface area (Å²) in [4.78, 5) is 0. The highest BCUT2D eigenvalue weighted by atomic mass is 15.9. The Morgan fingerprint density at radius 2 is 1.65 bits per heavy atom. The van der Waals surface area contributed by atoms with Gasteiger partial charge in [0.15, 0.2) is 0 Å². The van der Waals surface area contributed by atoms with Gasteiger partial charge in [-0.25, -0.2) is 0 Å². The lowest BCUT2D eigenvalue weighted by Gasteiger charge is -2.59. The monoisotopic (exact) mass is 244 g/mol. The maximum Gasteiger partial charge on any atom is 0.211 e. The predicted octanol–water partition coefficient (Wildman–Crippen LogP) is -4.35. The van der Waals surface area contributed by atoms with E-state index >= 15 is 0 Å². The Bertz CT molecular complexity index is 327. The zero-order chi connectivity index (χ0) is 13.4. The van der Waals surface area contributed by atoms with E-state index < -0.39 is 17.9 Å². The van der Waals surface area contributed by atoms with Crippen LogP contribution in [0.25, 0.3) is 0 Å². The van der Waals surface area contributed by atoms with Crippen LogP contribution in [0, 0.1) is 0 Å². The third-order valence-electron chi connectivity index (χ3n) is 2.81. The van der Waals surface area contributed by atoms with E-state index in [1.54, 1.807) is 0 Å². The van der Waals surface area contributed by atoms with Crippen LogP contribution < -0.4 is 40.5 Å². The van der Waals surface area contributed by atoms with Crippen LogP contribution in [0.1, 0.15) is 0 Å². The van der Waals surface area contributed by atoms with Crippen molar-refractivity contribution in [2.75, 3.05) is 0 Å². The predicted molar refractivity (Wildman–Crippen MR) is 63.4 cm³/mol. The van der Waals surface area contributed by atoms with E-state index in [4.69, 9.17) is 40.5 Å². The topological polar surface area (TPSA) is 192 Å². The molecule has 1 fully saturated rings. The van der Waals surface area contributed by atoms with Crippen LogP contribution in [0.15, 0.2) is 24.9 Å². The van der Waals surface area contributed by atoms with Crippen LogP contribution in [-0.4, -0.2) is 32.9 Å². The minimum absolute atomic E-state index is 0.916. The number of hydrogen-bond donors (Lipinski definition) is 7. The van der Waals surface area contributed by atoms with Crippen LogP contribution in [0.3, 0.4) is 0 Å². The third-order valence-corrected chi connectivity index (χ3v) is 2.81. The Morgan fingerprint density at radius 3 is 2.06 bits per heavy atom. The lowest BCUT2D eigenvalue weighted by molar-refractivity contribution is -0.242. The molecule has 1 aliphatic heterocycles. The summed E-state index contributed by atoms with van der Waals surface area (Å²) in [6.07, 6.45) is 3.11. The van der Waals surface area contributed by atoms with Gasteiger partial charge in [-0.1, -0.05) is 12.7 Å². The van der Waals surface area contributed by atoms with Gasteiger partial charge < -0.3 is 11.5 Å². The second kappa shape index (κ2) is 4.30. The Balaban J connectivity index is 3.34. The number of nitrogens with two attached hydrogens (primary N) is 7. The molecule has 0 radical (unpaired) electrons. The number of nitrogens with zero attached hydrogens (tertiary/aromatic N) is 3. The van der Waals surface area contributed by atoms with Crippen LogP contribution in [-0.2, 0) is 0 Å².